The Kier molecular flexibility index (Phi) is 7.26. The third-order valence-electron chi connectivity index (χ3n) is 4.86. The number of carbonyl (C=O) groups excluding carboxylic acids is 3. The molecule has 1 saturated heterocycles. The normalized spacial score (nSPS) is 13.6. The first kappa shape index (κ1) is 21.2. The molecule has 2 aromatic carbocycles. The summed E-state index contributed by atoms with van der Waals surface area (Å²) in [5.41, 5.74) is 7.08. The standard InChI is InChI=1S/C22H26N4O4/c23-20(27)14-17-6-8-19(9-7-17)30-16-21(28)24-15-22(29)26-12-10-25(11-13-26)18-4-2-1-3-5-18/h1-9H,10-16H2,(H2,23,27)(H,24,28). The van der Waals surface area contributed by atoms with Crippen LogP contribution in [-0.2, 0) is 20.8 Å². The zero-order valence-corrected chi connectivity index (χ0v) is 16.8. The minimum Gasteiger partial charge on any atom is -0.484 e. The second kappa shape index (κ2) is 10.3. The van der Waals surface area contributed by atoms with Crippen LogP contribution in [0.25, 0.3) is 0 Å². The number of piperazine rings is 1. The molecule has 8 nitrogen and oxygen atoms in total. The fourth-order valence-corrected chi connectivity index (χ4v) is 3.24. The highest BCUT2D eigenvalue weighted by Gasteiger charge is 2.21. The van der Waals surface area contributed by atoms with E-state index in [-0.39, 0.29) is 31.4 Å². The summed E-state index contributed by atoms with van der Waals surface area (Å²) < 4.78 is 5.41. The van der Waals surface area contributed by atoms with Gasteiger partial charge in [-0.15, -0.1) is 0 Å². The zero-order valence-electron chi connectivity index (χ0n) is 16.8. The van der Waals surface area contributed by atoms with E-state index in [0.717, 1.165) is 24.3 Å². The Morgan fingerprint density at radius 2 is 1.60 bits per heavy atom. The van der Waals surface area contributed by atoms with E-state index in [1.165, 1.54) is 0 Å². The van der Waals surface area contributed by atoms with Crippen LogP contribution >= 0.6 is 0 Å². The highest BCUT2D eigenvalue weighted by Crippen LogP contribution is 2.15. The molecule has 0 radical (unpaired) electrons. The molecule has 0 aliphatic carbocycles. The Bertz CT molecular complexity index is 862. The average Bonchev–Trinajstić information content (AvgIpc) is 2.77. The lowest BCUT2D eigenvalue weighted by molar-refractivity contribution is -0.133. The average molecular weight is 410 g/mol. The maximum absolute atomic E-state index is 12.4. The smallest absolute Gasteiger partial charge is 0.258 e. The molecule has 1 aliphatic heterocycles. The molecule has 0 saturated carbocycles. The Balaban J connectivity index is 1.35. The quantitative estimate of drug-likeness (QED) is 0.662. The number of carbonyl (C=O) groups is 3. The predicted octanol–water partition coefficient (Wildman–Crippen LogP) is 0.558. The lowest BCUT2D eigenvalue weighted by Gasteiger charge is -2.36. The number of nitrogens with one attached hydrogen (secondary N) is 1. The van der Waals surface area contributed by atoms with E-state index in [1.807, 2.05) is 18.2 Å². The van der Waals surface area contributed by atoms with Gasteiger partial charge in [0.15, 0.2) is 6.61 Å². The van der Waals surface area contributed by atoms with Crippen molar-refractivity contribution < 1.29 is 19.1 Å². The minimum absolute atomic E-state index is 0.0505. The molecule has 0 aromatic heterocycles. The van der Waals surface area contributed by atoms with Crippen molar-refractivity contribution in [3.05, 3.63) is 60.2 Å². The maximum Gasteiger partial charge on any atom is 0.258 e. The van der Waals surface area contributed by atoms with Crippen LogP contribution in [0, 0.1) is 0 Å². The van der Waals surface area contributed by atoms with Crippen LogP contribution in [0.4, 0.5) is 5.69 Å². The fourth-order valence-electron chi connectivity index (χ4n) is 3.24. The van der Waals surface area contributed by atoms with Crippen molar-refractivity contribution in [3.8, 4) is 5.75 Å². The van der Waals surface area contributed by atoms with Gasteiger partial charge in [0.25, 0.3) is 5.91 Å². The monoisotopic (exact) mass is 410 g/mol. The molecule has 158 valence electrons. The molecule has 8 heteroatoms. The van der Waals surface area contributed by atoms with Crippen LogP contribution in [0.5, 0.6) is 5.75 Å². The van der Waals surface area contributed by atoms with Crippen LogP contribution in [0.2, 0.25) is 0 Å². The number of benzene rings is 2. The number of hydrogen-bond acceptors (Lipinski definition) is 5. The molecule has 3 N–H and O–H groups in total. The number of anilines is 1. The third kappa shape index (κ3) is 6.23. The van der Waals surface area contributed by atoms with E-state index in [0.29, 0.717) is 18.8 Å². The Morgan fingerprint density at radius 3 is 2.23 bits per heavy atom. The summed E-state index contributed by atoms with van der Waals surface area (Å²) in [6.07, 6.45) is 0.155. The number of para-hydroxylation sites is 1. The van der Waals surface area contributed by atoms with Crippen LogP contribution in [0.15, 0.2) is 54.6 Å². The fraction of sp³-hybridized carbons (Fsp3) is 0.318. The van der Waals surface area contributed by atoms with Crippen LogP contribution in [0.1, 0.15) is 5.56 Å². The topological polar surface area (TPSA) is 105 Å². The van der Waals surface area contributed by atoms with E-state index >= 15 is 0 Å². The lowest BCUT2D eigenvalue weighted by atomic mass is 10.1. The molecule has 1 heterocycles. The van der Waals surface area contributed by atoms with E-state index in [9.17, 15) is 14.4 Å². The molecule has 0 unspecified atom stereocenters. The first-order valence-electron chi connectivity index (χ1n) is 9.86. The summed E-state index contributed by atoms with van der Waals surface area (Å²) in [7, 11) is 0. The number of rotatable bonds is 8. The van der Waals surface area contributed by atoms with Crippen molar-refractivity contribution in [1.82, 2.24) is 10.2 Å². The van der Waals surface area contributed by atoms with Gasteiger partial charge in [-0.25, -0.2) is 0 Å². The van der Waals surface area contributed by atoms with Crippen molar-refractivity contribution in [2.24, 2.45) is 5.73 Å². The molecule has 0 atom stereocenters. The summed E-state index contributed by atoms with van der Waals surface area (Å²) in [4.78, 5) is 39.2. The number of primary amides is 1. The van der Waals surface area contributed by atoms with E-state index in [2.05, 4.69) is 22.3 Å². The number of hydrogen-bond donors (Lipinski definition) is 2. The van der Waals surface area contributed by atoms with Gasteiger partial charge in [-0.2, -0.15) is 0 Å². The maximum atomic E-state index is 12.4. The molecular weight excluding hydrogens is 384 g/mol. The second-order valence-corrected chi connectivity index (χ2v) is 7.06. The van der Waals surface area contributed by atoms with Gasteiger partial charge >= 0.3 is 0 Å². The SMILES string of the molecule is NC(=O)Cc1ccc(OCC(=O)NCC(=O)N2CCN(c3ccccc3)CC2)cc1. The Hall–Kier alpha value is -3.55. The molecule has 3 rings (SSSR count). The van der Waals surface area contributed by atoms with Crippen molar-refractivity contribution in [2.45, 2.75) is 6.42 Å². The first-order valence-corrected chi connectivity index (χ1v) is 9.86. The summed E-state index contributed by atoms with van der Waals surface area (Å²) >= 11 is 0. The predicted molar refractivity (Wildman–Crippen MR) is 113 cm³/mol. The highest BCUT2D eigenvalue weighted by atomic mass is 16.5. The molecular formula is C22H26N4O4. The molecule has 0 spiro atoms. The molecule has 2 aromatic rings. The van der Waals surface area contributed by atoms with Gasteiger partial charge in [0.05, 0.1) is 13.0 Å². The summed E-state index contributed by atoms with van der Waals surface area (Å²) in [6, 6.07) is 16.9. The Labute approximate surface area is 175 Å². The summed E-state index contributed by atoms with van der Waals surface area (Å²) in [5.74, 6) is -0.379. The zero-order chi connectivity index (χ0) is 21.3. The number of amides is 3. The van der Waals surface area contributed by atoms with Crippen LogP contribution in [0.3, 0.4) is 0 Å². The molecule has 30 heavy (non-hydrogen) atoms. The molecule has 0 bridgehead atoms. The van der Waals surface area contributed by atoms with E-state index < -0.39 is 5.91 Å². The van der Waals surface area contributed by atoms with Crippen molar-refractivity contribution in [1.29, 1.82) is 0 Å². The second-order valence-electron chi connectivity index (χ2n) is 7.06. The van der Waals surface area contributed by atoms with Gasteiger partial charge in [0.1, 0.15) is 5.75 Å². The van der Waals surface area contributed by atoms with Gasteiger partial charge in [-0.3, -0.25) is 14.4 Å². The lowest BCUT2D eigenvalue weighted by Crippen LogP contribution is -2.51. The van der Waals surface area contributed by atoms with Crippen LogP contribution < -0.4 is 20.7 Å². The van der Waals surface area contributed by atoms with Crippen molar-refractivity contribution >= 4 is 23.4 Å². The number of nitrogens with zero attached hydrogens (tertiary/aromatic N) is 2. The number of nitrogens with two attached hydrogens (primary N) is 1. The van der Waals surface area contributed by atoms with Gasteiger partial charge in [-0.05, 0) is 29.8 Å². The molecule has 1 fully saturated rings. The largest absolute Gasteiger partial charge is 0.484 e. The van der Waals surface area contributed by atoms with Gasteiger partial charge in [0.2, 0.25) is 11.8 Å². The van der Waals surface area contributed by atoms with Gasteiger partial charge in [0, 0.05) is 31.9 Å². The van der Waals surface area contributed by atoms with E-state index in [4.69, 9.17) is 10.5 Å². The summed E-state index contributed by atoms with van der Waals surface area (Å²) in [6.45, 7) is 2.53. The Morgan fingerprint density at radius 1 is 0.933 bits per heavy atom. The number of ether oxygens (including phenoxy) is 1. The highest BCUT2D eigenvalue weighted by molar-refractivity contribution is 5.85. The van der Waals surface area contributed by atoms with Crippen LogP contribution in [-0.4, -0.2) is 62.0 Å². The molecule has 3 amide bonds. The van der Waals surface area contributed by atoms with Gasteiger partial charge in [-0.1, -0.05) is 30.3 Å². The van der Waals surface area contributed by atoms with Crippen molar-refractivity contribution in [3.63, 3.8) is 0 Å². The minimum atomic E-state index is -0.408. The van der Waals surface area contributed by atoms with E-state index in [1.54, 1.807) is 29.2 Å². The van der Waals surface area contributed by atoms with Gasteiger partial charge < -0.3 is 25.6 Å². The first-order chi connectivity index (χ1) is 14.5. The molecule has 1 aliphatic rings. The summed E-state index contributed by atoms with van der Waals surface area (Å²) in [5, 5.41) is 2.60. The third-order valence-corrected chi connectivity index (χ3v) is 4.86. The van der Waals surface area contributed by atoms with Crippen molar-refractivity contribution in [2.75, 3.05) is 44.2 Å².